The third-order valence-corrected chi connectivity index (χ3v) is 10.1. The van der Waals surface area contributed by atoms with E-state index in [-0.39, 0.29) is 11.8 Å². The quantitative estimate of drug-likeness (QED) is 0.132. The lowest BCUT2D eigenvalue weighted by Gasteiger charge is -2.14. The molecule has 0 saturated carbocycles. The second kappa shape index (κ2) is 16.9. The van der Waals surface area contributed by atoms with E-state index >= 15 is 0 Å². The van der Waals surface area contributed by atoms with Gasteiger partial charge in [0.2, 0.25) is 11.8 Å². The lowest BCUT2D eigenvalue weighted by atomic mass is 10.00. The Morgan fingerprint density at radius 2 is 1.02 bits per heavy atom. The molecular formula is C40H47N5O2S. The zero-order chi connectivity index (χ0) is 33.1. The van der Waals surface area contributed by atoms with Crippen LogP contribution in [-0.4, -0.2) is 72.1 Å². The zero-order valence-electron chi connectivity index (χ0n) is 28.0. The molecule has 2 aliphatic heterocycles. The highest BCUT2D eigenvalue weighted by Crippen LogP contribution is 2.32. The van der Waals surface area contributed by atoms with E-state index in [1.807, 2.05) is 48.5 Å². The number of nitrogens with one attached hydrogen (secondary N) is 2. The van der Waals surface area contributed by atoms with Crippen molar-refractivity contribution in [1.82, 2.24) is 14.8 Å². The Morgan fingerprint density at radius 3 is 1.44 bits per heavy atom. The predicted octanol–water partition coefficient (Wildman–Crippen LogP) is 8.43. The molecule has 2 amide bonds. The summed E-state index contributed by atoms with van der Waals surface area (Å²) in [6.45, 7) is 6.62. The van der Waals surface area contributed by atoms with Crippen LogP contribution in [0.1, 0.15) is 51.4 Å². The van der Waals surface area contributed by atoms with Crippen LogP contribution in [0.25, 0.3) is 33.6 Å². The maximum atomic E-state index is 12.6. The molecule has 7 nitrogen and oxygen atoms in total. The SMILES string of the molecule is CSc1ccc(-c2cc(-c3ccc(NC(=O)CCCN4CCCC4)cc3)nc(-c3ccc(NC(=O)CCCN4CCCC4)cc3)c2)cc1. The minimum absolute atomic E-state index is 0.0553. The van der Waals surface area contributed by atoms with Gasteiger partial charge in [0, 0.05) is 40.2 Å². The van der Waals surface area contributed by atoms with Crippen LogP contribution in [0.5, 0.6) is 0 Å². The molecule has 2 saturated heterocycles. The summed E-state index contributed by atoms with van der Waals surface area (Å²) in [5, 5.41) is 6.12. The average Bonchev–Trinajstić information content (AvgIpc) is 3.84. The molecule has 2 aliphatic rings. The fourth-order valence-electron chi connectivity index (χ4n) is 6.61. The molecule has 6 rings (SSSR count). The summed E-state index contributed by atoms with van der Waals surface area (Å²) in [6, 6.07) is 28.8. The number of pyridine rings is 1. The van der Waals surface area contributed by atoms with Crippen molar-refractivity contribution in [2.24, 2.45) is 0 Å². The lowest BCUT2D eigenvalue weighted by molar-refractivity contribution is -0.117. The molecule has 0 atom stereocenters. The number of carbonyl (C=O) groups is 2. The normalized spacial score (nSPS) is 15.1. The van der Waals surface area contributed by atoms with Gasteiger partial charge >= 0.3 is 0 Å². The maximum absolute atomic E-state index is 12.6. The van der Waals surface area contributed by atoms with Gasteiger partial charge in [-0.25, -0.2) is 4.98 Å². The average molecular weight is 662 g/mol. The smallest absolute Gasteiger partial charge is 0.224 e. The van der Waals surface area contributed by atoms with Gasteiger partial charge in [0.05, 0.1) is 11.4 Å². The summed E-state index contributed by atoms with van der Waals surface area (Å²) in [6.07, 6.45) is 9.99. The first-order valence-corrected chi connectivity index (χ1v) is 18.7. The van der Waals surface area contributed by atoms with E-state index in [0.717, 1.165) is 97.1 Å². The molecule has 1 aromatic heterocycles. The molecule has 250 valence electrons. The first-order chi connectivity index (χ1) is 23.5. The minimum atomic E-state index is 0.0553. The molecule has 8 heteroatoms. The van der Waals surface area contributed by atoms with Gasteiger partial charge < -0.3 is 20.4 Å². The Kier molecular flexibility index (Phi) is 11.9. The molecule has 3 heterocycles. The van der Waals surface area contributed by atoms with Crippen molar-refractivity contribution in [3.05, 3.63) is 84.9 Å². The second-order valence-corrected chi connectivity index (χ2v) is 13.8. The van der Waals surface area contributed by atoms with Crippen LogP contribution in [0.2, 0.25) is 0 Å². The van der Waals surface area contributed by atoms with Crippen LogP contribution in [-0.2, 0) is 9.59 Å². The van der Waals surface area contributed by atoms with Gasteiger partial charge in [-0.2, -0.15) is 0 Å². The highest BCUT2D eigenvalue weighted by atomic mass is 32.2. The van der Waals surface area contributed by atoms with E-state index in [1.54, 1.807) is 11.8 Å². The highest BCUT2D eigenvalue weighted by Gasteiger charge is 2.14. The predicted molar refractivity (Wildman–Crippen MR) is 199 cm³/mol. The van der Waals surface area contributed by atoms with E-state index in [1.165, 1.54) is 30.6 Å². The van der Waals surface area contributed by atoms with Gasteiger partial charge in [-0.05, 0) is 144 Å². The molecule has 2 fully saturated rings. The number of carbonyl (C=O) groups excluding carboxylic acids is 2. The van der Waals surface area contributed by atoms with E-state index in [9.17, 15) is 9.59 Å². The fraction of sp³-hybridized carbons (Fsp3) is 0.375. The first kappa shape index (κ1) is 33.9. The molecule has 4 aromatic rings. The number of likely N-dealkylation sites (tertiary alicyclic amines) is 2. The molecular weight excluding hydrogens is 615 g/mol. The maximum Gasteiger partial charge on any atom is 0.224 e. The van der Waals surface area contributed by atoms with Crippen LogP contribution in [0.3, 0.4) is 0 Å². The number of rotatable bonds is 14. The van der Waals surface area contributed by atoms with Crippen molar-refractivity contribution in [3.8, 4) is 33.6 Å². The van der Waals surface area contributed by atoms with E-state index in [0.29, 0.717) is 12.8 Å². The summed E-state index contributed by atoms with van der Waals surface area (Å²) in [5.74, 6) is 0.111. The number of hydrogen-bond donors (Lipinski definition) is 2. The van der Waals surface area contributed by atoms with Crippen LogP contribution in [0.15, 0.2) is 89.8 Å². The summed E-state index contributed by atoms with van der Waals surface area (Å²) in [5.41, 5.74) is 7.45. The first-order valence-electron chi connectivity index (χ1n) is 17.4. The third kappa shape index (κ3) is 9.56. The molecule has 0 aliphatic carbocycles. The molecule has 0 spiro atoms. The Balaban J connectivity index is 1.15. The third-order valence-electron chi connectivity index (χ3n) is 9.33. The van der Waals surface area contributed by atoms with Gasteiger partial charge in [0.25, 0.3) is 0 Å². The zero-order valence-corrected chi connectivity index (χ0v) is 28.9. The fourth-order valence-corrected chi connectivity index (χ4v) is 7.02. The van der Waals surface area contributed by atoms with E-state index < -0.39 is 0 Å². The van der Waals surface area contributed by atoms with Crippen molar-refractivity contribution in [2.45, 2.75) is 56.3 Å². The largest absolute Gasteiger partial charge is 0.326 e. The number of amides is 2. The van der Waals surface area contributed by atoms with Crippen LogP contribution < -0.4 is 10.6 Å². The van der Waals surface area contributed by atoms with Crippen molar-refractivity contribution in [2.75, 3.05) is 56.2 Å². The molecule has 0 bridgehead atoms. The van der Waals surface area contributed by atoms with Gasteiger partial charge in [-0.1, -0.05) is 36.4 Å². The lowest BCUT2D eigenvalue weighted by Crippen LogP contribution is -2.22. The number of nitrogens with zero attached hydrogens (tertiary/aromatic N) is 3. The summed E-state index contributed by atoms with van der Waals surface area (Å²) in [7, 11) is 0. The molecule has 0 unspecified atom stereocenters. The van der Waals surface area contributed by atoms with E-state index in [4.69, 9.17) is 4.98 Å². The number of thioether (sulfide) groups is 1. The summed E-state index contributed by atoms with van der Waals surface area (Å²) < 4.78 is 0. The molecule has 3 aromatic carbocycles. The van der Waals surface area contributed by atoms with Crippen molar-refractivity contribution in [3.63, 3.8) is 0 Å². The standard InChI is InChI=1S/C40H47N5O2S/c1-48-36-20-14-30(15-21-36)33-28-37(31-10-16-34(17-11-31)41-39(46)8-6-26-44-22-2-3-23-44)43-38(29-33)32-12-18-35(19-13-32)42-40(47)9-7-27-45-24-4-5-25-45/h10-21,28-29H,2-9,22-27H2,1H3,(H,41,46)(H,42,47). The van der Waals surface area contributed by atoms with Gasteiger partial charge in [0.15, 0.2) is 0 Å². The highest BCUT2D eigenvalue weighted by molar-refractivity contribution is 7.98. The summed E-state index contributed by atoms with van der Waals surface area (Å²) in [4.78, 5) is 36.4. The number of anilines is 2. The number of aromatic nitrogens is 1. The monoisotopic (exact) mass is 661 g/mol. The number of benzene rings is 3. The molecule has 2 N–H and O–H groups in total. The molecule has 48 heavy (non-hydrogen) atoms. The van der Waals surface area contributed by atoms with Gasteiger partial charge in [-0.15, -0.1) is 11.8 Å². The Hall–Kier alpha value is -3.98. The molecule has 0 radical (unpaired) electrons. The van der Waals surface area contributed by atoms with E-state index in [2.05, 4.69) is 63.1 Å². The van der Waals surface area contributed by atoms with Crippen LogP contribution in [0.4, 0.5) is 11.4 Å². The van der Waals surface area contributed by atoms with Gasteiger partial charge in [-0.3, -0.25) is 9.59 Å². The number of hydrogen-bond acceptors (Lipinski definition) is 6. The van der Waals surface area contributed by atoms with Crippen molar-refractivity contribution < 1.29 is 9.59 Å². The Morgan fingerprint density at radius 1 is 0.604 bits per heavy atom. The Labute approximate surface area is 289 Å². The Bertz CT molecular complexity index is 1550. The van der Waals surface area contributed by atoms with Crippen molar-refractivity contribution in [1.29, 1.82) is 0 Å². The summed E-state index contributed by atoms with van der Waals surface area (Å²) >= 11 is 1.73. The van der Waals surface area contributed by atoms with Gasteiger partial charge in [0.1, 0.15) is 0 Å². The van der Waals surface area contributed by atoms with Crippen LogP contribution in [0, 0.1) is 0 Å². The van der Waals surface area contributed by atoms with Crippen molar-refractivity contribution >= 4 is 35.0 Å². The topological polar surface area (TPSA) is 77.6 Å². The second-order valence-electron chi connectivity index (χ2n) is 12.9. The minimum Gasteiger partial charge on any atom is -0.326 e. The van der Waals surface area contributed by atoms with Crippen LogP contribution >= 0.6 is 11.8 Å².